The highest BCUT2D eigenvalue weighted by atomic mass is 19.3. The van der Waals surface area contributed by atoms with Crippen molar-refractivity contribution >= 4 is 5.91 Å². The van der Waals surface area contributed by atoms with Crippen molar-refractivity contribution < 1.29 is 22.8 Å². The Morgan fingerprint density at radius 3 is 2.62 bits per heavy atom. The standard InChI is InChI=1S/C17H26F2N4O3/c1-11(2)16-20-15(21-26-16)12-3-5-22(6-4-12)17(24)13-10-25-8-7-23(13)9-14(18)19/h11-14H,3-10H2,1-2H3. The molecule has 0 spiro atoms. The maximum Gasteiger partial charge on any atom is 0.251 e. The van der Waals surface area contributed by atoms with Gasteiger partial charge >= 0.3 is 0 Å². The molecule has 0 radical (unpaired) electrons. The molecule has 0 aliphatic carbocycles. The van der Waals surface area contributed by atoms with E-state index in [0.717, 1.165) is 12.8 Å². The van der Waals surface area contributed by atoms with Gasteiger partial charge in [-0.15, -0.1) is 0 Å². The van der Waals surface area contributed by atoms with E-state index in [1.807, 2.05) is 13.8 Å². The highest BCUT2D eigenvalue weighted by Gasteiger charge is 2.36. The number of carbonyl (C=O) groups excluding carboxylic acids is 1. The molecule has 2 aliphatic heterocycles. The minimum atomic E-state index is -2.46. The van der Waals surface area contributed by atoms with Crippen LogP contribution in [0.1, 0.15) is 50.2 Å². The summed E-state index contributed by atoms with van der Waals surface area (Å²) in [6.45, 7) is 5.64. The molecule has 1 atom stereocenters. The van der Waals surface area contributed by atoms with Crippen LogP contribution in [0.4, 0.5) is 8.78 Å². The Kier molecular flexibility index (Phi) is 6.18. The fraction of sp³-hybridized carbons (Fsp3) is 0.824. The summed E-state index contributed by atoms with van der Waals surface area (Å²) in [5, 5.41) is 4.06. The summed E-state index contributed by atoms with van der Waals surface area (Å²) in [5.74, 6) is 1.54. The monoisotopic (exact) mass is 372 g/mol. The number of halogens is 2. The van der Waals surface area contributed by atoms with Crippen LogP contribution in [0, 0.1) is 0 Å². The van der Waals surface area contributed by atoms with E-state index >= 15 is 0 Å². The first-order valence-corrected chi connectivity index (χ1v) is 9.18. The van der Waals surface area contributed by atoms with E-state index in [2.05, 4.69) is 10.1 Å². The van der Waals surface area contributed by atoms with Crippen molar-refractivity contribution in [2.24, 2.45) is 0 Å². The molecule has 2 fully saturated rings. The summed E-state index contributed by atoms with van der Waals surface area (Å²) in [6.07, 6.45) is -0.973. The first kappa shape index (κ1) is 19.2. The number of ether oxygens (including phenoxy) is 1. The van der Waals surface area contributed by atoms with Crippen molar-refractivity contribution in [2.45, 2.75) is 51.0 Å². The van der Waals surface area contributed by atoms with Crippen LogP contribution in [0.3, 0.4) is 0 Å². The van der Waals surface area contributed by atoms with Crippen molar-refractivity contribution in [1.29, 1.82) is 0 Å². The van der Waals surface area contributed by atoms with Crippen LogP contribution in [-0.4, -0.2) is 77.7 Å². The molecule has 0 saturated carbocycles. The van der Waals surface area contributed by atoms with Crippen LogP contribution in [-0.2, 0) is 9.53 Å². The van der Waals surface area contributed by atoms with Crippen LogP contribution in [0.25, 0.3) is 0 Å². The third-order valence-corrected chi connectivity index (χ3v) is 5.02. The van der Waals surface area contributed by atoms with E-state index in [-0.39, 0.29) is 24.3 Å². The minimum Gasteiger partial charge on any atom is -0.378 e. The topological polar surface area (TPSA) is 71.7 Å². The summed E-state index contributed by atoms with van der Waals surface area (Å²) in [5.41, 5.74) is 0. The van der Waals surface area contributed by atoms with E-state index in [1.165, 1.54) is 4.90 Å². The van der Waals surface area contributed by atoms with Gasteiger partial charge in [0.2, 0.25) is 11.8 Å². The number of hydrogen-bond acceptors (Lipinski definition) is 6. The Hall–Kier alpha value is -1.61. The van der Waals surface area contributed by atoms with Gasteiger partial charge in [-0.2, -0.15) is 4.98 Å². The van der Waals surface area contributed by atoms with Gasteiger partial charge in [0.1, 0.15) is 6.04 Å². The molecule has 1 amide bonds. The molecule has 1 aromatic heterocycles. The fourth-order valence-electron chi connectivity index (χ4n) is 3.48. The largest absolute Gasteiger partial charge is 0.378 e. The maximum absolute atomic E-state index is 12.8. The molecule has 1 unspecified atom stereocenters. The summed E-state index contributed by atoms with van der Waals surface area (Å²) in [7, 11) is 0. The van der Waals surface area contributed by atoms with Crippen LogP contribution in [0.2, 0.25) is 0 Å². The van der Waals surface area contributed by atoms with Crippen molar-refractivity contribution in [1.82, 2.24) is 19.9 Å². The Labute approximate surface area is 151 Å². The first-order chi connectivity index (χ1) is 12.5. The lowest BCUT2D eigenvalue weighted by Crippen LogP contribution is -2.56. The number of alkyl halides is 2. The van der Waals surface area contributed by atoms with Gasteiger partial charge in [0.15, 0.2) is 5.82 Å². The molecule has 1 aromatic rings. The fourth-order valence-corrected chi connectivity index (χ4v) is 3.48. The molecule has 26 heavy (non-hydrogen) atoms. The Bertz CT molecular complexity index is 603. The Balaban J connectivity index is 1.57. The van der Waals surface area contributed by atoms with Gasteiger partial charge in [-0.25, -0.2) is 8.78 Å². The molecule has 2 aliphatic rings. The molecular weight excluding hydrogens is 346 g/mol. The second kappa shape index (κ2) is 8.39. The number of rotatable bonds is 5. The Morgan fingerprint density at radius 2 is 2.00 bits per heavy atom. The van der Waals surface area contributed by atoms with Gasteiger partial charge in [-0.1, -0.05) is 19.0 Å². The summed E-state index contributed by atoms with van der Waals surface area (Å²) in [6, 6.07) is -0.619. The van der Waals surface area contributed by atoms with E-state index < -0.39 is 19.0 Å². The minimum absolute atomic E-state index is 0.125. The number of hydrogen-bond donors (Lipinski definition) is 0. The maximum atomic E-state index is 12.8. The van der Waals surface area contributed by atoms with E-state index in [0.29, 0.717) is 38.0 Å². The van der Waals surface area contributed by atoms with Crippen molar-refractivity contribution in [3.05, 3.63) is 11.7 Å². The quantitative estimate of drug-likeness (QED) is 0.786. The lowest BCUT2D eigenvalue weighted by molar-refractivity contribution is -0.145. The number of amides is 1. The second-order valence-electron chi connectivity index (χ2n) is 7.22. The van der Waals surface area contributed by atoms with Crippen LogP contribution in [0.15, 0.2) is 4.52 Å². The second-order valence-corrected chi connectivity index (χ2v) is 7.22. The molecule has 9 heteroatoms. The lowest BCUT2D eigenvalue weighted by Gasteiger charge is -2.39. The highest BCUT2D eigenvalue weighted by Crippen LogP contribution is 2.28. The van der Waals surface area contributed by atoms with Crippen LogP contribution < -0.4 is 0 Å². The van der Waals surface area contributed by atoms with Crippen LogP contribution in [0.5, 0.6) is 0 Å². The molecule has 3 rings (SSSR count). The predicted octanol–water partition coefficient (Wildman–Crippen LogP) is 1.86. The number of piperidine rings is 1. The number of likely N-dealkylation sites (tertiary alicyclic amines) is 1. The van der Waals surface area contributed by atoms with E-state index in [9.17, 15) is 13.6 Å². The van der Waals surface area contributed by atoms with Crippen molar-refractivity contribution in [3.8, 4) is 0 Å². The average molecular weight is 372 g/mol. The van der Waals surface area contributed by atoms with Crippen molar-refractivity contribution in [2.75, 3.05) is 39.4 Å². The summed E-state index contributed by atoms with van der Waals surface area (Å²) < 4.78 is 36.2. The predicted molar refractivity (Wildman–Crippen MR) is 89.1 cm³/mol. The molecular formula is C17H26F2N4O3. The van der Waals surface area contributed by atoms with Gasteiger partial charge in [0.05, 0.1) is 19.8 Å². The third kappa shape index (κ3) is 4.37. The van der Waals surface area contributed by atoms with Crippen LogP contribution >= 0.6 is 0 Å². The molecule has 0 aromatic carbocycles. The molecule has 3 heterocycles. The van der Waals surface area contributed by atoms with Gasteiger partial charge in [-0.05, 0) is 12.8 Å². The van der Waals surface area contributed by atoms with Gasteiger partial charge in [0, 0.05) is 31.5 Å². The zero-order valence-corrected chi connectivity index (χ0v) is 15.2. The molecule has 2 saturated heterocycles. The number of nitrogens with zero attached hydrogens (tertiary/aromatic N) is 4. The zero-order valence-electron chi connectivity index (χ0n) is 15.2. The highest BCUT2D eigenvalue weighted by molar-refractivity contribution is 5.82. The van der Waals surface area contributed by atoms with Crippen molar-refractivity contribution in [3.63, 3.8) is 0 Å². The Morgan fingerprint density at radius 1 is 1.27 bits per heavy atom. The molecule has 146 valence electrons. The van der Waals surface area contributed by atoms with Gasteiger partial charge in [-0.3, -0.25) is 9.69 Å². The average Bonchev–Trinajstić information content (AvgIpc) is 3.12. The smallest absolute Gasteiger partial charge is 0.251 e. The van der Waals surface area contributed by atoms with Gasteiger partial charge in [0.25, 0.3) is 6.43 Å². The normalized spacial score (nSPS) is 23.2. The lowest BCUT2D eigenvalue weighted by atomic mass is 9.95. The van der Waals surface area contributed by atoms with E-state index in [1.54, 1.807) is 4.90 Å². The number of morpholine rings is 1. The SMILES string of the molecule is CC(C)c1nc(C2CCN(C(=O)C3COCCN3CC(F)F)CC2)no1. The summed E-state index contributed by atoms with van der Waals surface area (Å²) >= 11 is 0. The van der Waals surface area contributed by atoms with E-state index in [4.69, 9.17) is 9.26 Å². The molecule has 0 bridgehead atoms. The zero-order chi connectivity index (χ0) is 18.7. The molecule has 0 N–H and O–H groups in total. The third-order valence-electron chi connectivity index (χ3n) is 5.02. The summed E-state index contributed by atoms with van der Waals surface area (Å²) in [4.78, 5) is 20.5. The number of aromatic nitrogens is 2. The van der Waals surface area contributed by atoms with Gasteiger partial charge < -0.3 is 14.2 Å². The first-order valence-electron chi connectivity index (χ1n) is 9.18. The molecule has 7 nitrogen and oxygen atoms in total. The number of carbonyl (C=O) groups is 1.